The van der Waals surface area contributed by atoms with E-state index in [4.69, 9.17) is 14.7 Å². The summed E-state index contributed by atoms with van der Waals surface area (Å²) in [6, 6.07) is 7.31. The van der Waals surface area contributed by atoms with Crippen LogP contribution in [0.3, 0.4) is 0 Å². The molecule has 2 rings (SSSR count). The highest BCUT2D eigenvalue weighted by molar-refractivity contribution is 5.95. The second kappa shape index (κ2) is 6.95. The van der Waals surface area contributed by atoms with Crippen LogP contribution < -0.4 is 9.47 Å². The first kappa shape index (κ1) is 15.1. The lowest BCUT2D eigenvalue weighted by Gasteiger charge is -2.33. The van der Waals surface area contributed by atoms with Crippen LogP contribution in [0.1, 0.15) is 10.4 Å². The summed E-state index contributed by atoms with van der Waals surface area (Å²) in [6.07, 6.45) is 0. The summed E-state index contributed by atoms with van der Waals surface area (Å²) < 4.78 is 10.4. The summed E-state index contributed by atoms with van der Waals surface area (Å²) in [5, 5.41) is 8.68. The molecule has 0 N–H and O–H groups in total. The zero-order chi connectivity index (χ0) is 15.2. The van der Waals surface area contributed by atoms with Crippen LogP contribution in [0.15, 0.2) is 18.2 Å². The van der Waals surface area contributed by atoms with Gasteiger partial charge in [0.1, 0.15) is 0 Å². The maximum atomic E-state index is 12.5. The van der Waals surface area contributed by atoms with Gasteiger partial charge < -0.3 is 14.4 Å². The van der Waals surface area contributed by atoms with Gasteiger partial charge in [0.15, 0.2) is 11.5 Å². The smallest absolute Gasteiger partial charge is 0.254 e. The third kappa shape index (κ3) is 3.44. The first-order valence-corrected chi connectivity index (χ1v) is 6.80. The van der Waals surface area contributed by atoms with Crippen molar-refractivity contribution in [2.45, 2.75) is 0 Å². The second-order valence-electron chi connectivity index (χ2n) is 4.80. The largest absolute Gasteiger partial charge is 0.493 e. The lowest BCUT2D eigenvalue weighted by molar-refractivity contribution is 0.0651. The van der Waals surface area contributed by atoms with Gasteiger partial charge in [0.2, 0.25) is 0 Å². The molecule has 0 radical (unpaired) electrons. The average molecular weight is 289 g/mol. The lowest BCUT2D eigenvalue weighted by atomic mass is 10.1. The quantitative estimate of drug-likeness (QED) is 0.773. The predicted octanol–water partition coefficient (Wildman–Crippen LogP) is 0.985. The van der Waals surface area contributed by atoms with E-state index in [2.05, 4.69) is 6.07 Å². The number of nitrogens with zero attached hydrogens (tertiary/aromatic N) is 3. The minimum absolute atomic E-state index is 0.0208. The van der Waals surface area contributed by atoms with Gasteiger partial charge in [-0.2, -0.15) is 5.26 Å². The Balaban J connectivity index is 2.06. The number of methoxy groups -OCH3 is 2. The van der Waals surface area contributed by atoms with E-state index in [-0.39, 0.29) is 5.91 Å². The Bertz CT molecular complexity index is 546. The zero-order valence-corrected chi connectivity index (χ0v) is 12.3. The average Bonchev–Trinajstić information content (AvgIpc) is 2.54. The SMILES string of the molecule is COc1ccc(C(=O)N2CCN(CC#N)CC2)cc1OC. The van der Waals surface area contributed by atoms with E-state index in [0.717, 1.165) is 13.1 Å². The third-order valence-corrected chi connectivity index (χ3v) is 3.58. The van der Waals surface area contributed by atoms with Gasteiger partial charge in [0.25, 0.3) is 5.91 Å². The molecule has 21 heavy (non-hydrogen) atoms. The van der Waals surface area contributed by atoms with Gasteiger partial charge in [0.05, 0.1) is 26.8 Å². The highest BCUT2D eigenvalue weighted by atomic mass is 16.5. The van der Waals surface area contributed by atoms with E-state index in [9.17, 15) is 4.79 Å². The highest BCUT2D eigenvalue weighted by Gasteiger charge is 2.22. The lowest BCUT2D eigenvalue weighted by Crippen LogP contribution is -2.48. The molecule has 1 aromatic carbocycles. The van der Waals surface area contributed by atoms with Crippen molar-refractivity contribution in [3.05, 3.63) is 23.8 Å². The summed E-state index contributed by atoms with van der Waals surface area (Å²) in [7, 11) is 3.11. The van der Waals surface area contributed by atoms with Crippen molar-refractivity contribution in [3.63, 3.8) is 0 Å². The molecule has 112 valence electrons. The van der Waals surface area contributed by atoms with E-state index >= 15 is 0 Å². The monoisotopic (exact) mass is 289 g/mol. The Morgan fingerprint density at radius 3 is 2.43 bits per heavy atom. The Hall–Kier alpha value is -2.26. The Labute approximate surface area is 124 Å². The minimum atomic E-state index is -0.0208. The van der Waals surface area contributed by atoms with Gasteiger partial charge in [-0.05, 0) is 18.2 Å². The third-order valence-electron chi connectivity index (χ3n) is 3.58. The van der Waals surface area contributed by atoms with Crippen LogP contribution in [-0.2, 0) is 0 Å². The molecule has 0 aliphatic carbocycles. The number of carbonyl (C=O) groups is 1. The van der Waals surface area contributed by atoms with E-state index in [1.54, 1.807) is 37.3 Å². The fourth-order valence-corrected chi connectivity index (χ4v) is 2.36. The fourth-order valence-electron chi connectivity index (χ4n) is 2.36. The number of piperazine rings is 1. The molecule has 0 aromatic heterocycles. The van der Waals surface area contributed by atoms with E-state index in [1.807, 2.05) is 4.90 Å². The Kier molecular flexibility index (Phi) is 5.01. The Morgan fingerprint density at radius 1 is 1.19 bits per heavy atom. The van der Waals surface area contributed by atoms with E-state index in [1.165, 1.54) is 0 Å². The van der Waals surface area contributed by atoms with Crippen molar-refractivity contribution in [3.8, 4) is 17.6 Å². The predicted molar refractivity (Wildman–Crippen MR) is 77.5 cm³/mol. The van der Waals surface area contributed by atoms with Crippen molar-refractivity contribution in [1.29, 1.82) is 5.26 Å². The molecule has 1 fully saturated rings. The van der Waals surface area contributed by atoms with Crippen LogP contribution in [0, 0.1) is 11.3 Å². The number of nitriles is 1. The maximum Gasteiger partial charge on any atom is 0.254 e. The van der Waals surface area contributed by atoms with Crippen molar-refractivity contribution >= 4 is 5.91 Å². The fraction of sp³-hybridized carbons (Fsp3) is 0.467. The van der Waals surface area contributed by atoms with Gasteiger partial charge in [-0.1, -0.05) is 0 Å². The molecule has 6 heteroatoms. The normalized spacial score (nSPS) is 15.4. The zero-order valence-electron chi connectivity index (χ0n) is 12.3. The first-order chi connectivity index (χ1) is 10.2. The second-order valence-corrected chi connectivity index (χ2v) is 4.80. The summed E-state index contributed by atoms with van der Waals surface area (Å²) in [5.41, 5.74) is 0.585. The van der Waals surface area contributed by atoms with Gasteiger partial charge >= 0.3 is 0 Å². The van der Waals surface area contributed by atoms with Gasteiger partial charge in [0, 0.05) is 31.7 Å². The van der Waals surface area contributed by atoms with Crippen molar-refractivity contribution in [2.75, 3.05) is 46.9 Å². The molecule has 0 saturated carbocycles. The van der Waals surface area contributed by atoms with Crippen LogP contribution in [0.5, 0.6) is 11.5 Å². The molecule has 1 heterocycles. The van der Waals surface area contributed by atoms with Gasteiger partial charge in [-0.25, -0.2) is 0 Å². The number of amides is 1. The highest BCUT2D eigenvalue weighted by Crippen LogP contribution is 2.28. The van der Waals surface area contributed by atoms with E-state index in [0.29, 0.717) is 36.7 Å². The summed E-state index contributed by atoms with van der Waals surface area (Å²) >= 11 is 0. The molecule has 0 atom stereocenters. The number of hydrogen-bond donors (Lipinski definition) is 0. The molecule has 0 spiro atoms. The molecular formula is C15H19N3O3. The van der Waals surface area contributed by atoms with Crippen LogP contribution in [0.25, 0.3) is 0 Å². The van der Waals surface area contributed by atoms with Crippen LogP contribution >= 0.6 is 0 Å². The molecule has 0 unspecified atom stereocenters. The topological polar surface area (TPSA) is 65.8 Å². The summed E-state index contributed by atoms with van der Waals surface area (Å²) in [6.45, 7) is 3.14. The van der Waals surface area contributed by atoms with Crippen LogP contribution in [0.4, 0.5) is 0 Å². The summed E-state index contributed by atoms with van der Waals surface area (Å²) in [5.74, 6) is 1.13. The van der Waals surface area contributed by atoms with Crippen LogP contribution in [-0.4, -0.2) is 62.7 Å². The molecule has 1 saturated heterocycles. The first-order valence-electron chi connectivity index (χ1n) is 6.80. The number of ether oxygens (including phenoxy) is 2. The van der Waals surface area contributed by atoms with E-state index < -0.39 is 0 Å². The van der Waals surface area contributed by atoms with Crippen molar-refractivity contribution in [1.82, 2.24) is 9.80 Å². The van der Waals surface area contributed by atoms with Crippen LogP contribution in [0.2, 0.25) is 0 Å². The van der Waals surface area contributed by atoms with Gasteiger partial charge in [-0.15, -0.1) is 0 Å². The minimum Gasteiger partial charge on any atom is -0.493 e. The number of benzene rings is 1. The van der Waals surface area contributed by atoms with Crippen molar-refractivity contribution in [2.24, 2.45) is 0 Å². The molecule has 1 aliphatic heterocycles. The standard InChI is InChI=1S/C15H19N3O3/c1-20-13-4-3-12(11-14(13)21-2)15(19)18-9-7-17(6-5-16)8-10-18/h3-4,11H,6-10H2,1-2H3. The molecular weight excluding hydrogens is 270 g/mol. The molecule has 1 aromatic rings. The molecule has 0 bridgehead atoms. The number of hydrogen-bond acceptors (Lipinski definition) is 5. The Morgan fingerprint density at radius 2 is 1.86 bits per heavy atom. The van der Waals surface area contributed by atoms with Crippen molar-refractivity contribution < 1.29 is 14.3 Å². The molecule has 1 aliphatic rings. The number of carbonyl (C=O) groups excluding carboxylic acids is 1. The molecule has 1 amide bonds. The van der Waals surface area contributed by atoms with Gasteiger partial charge in [-0.3, -0.25) is 9.69 Å². The molecule has 6 nitrogen and oxygen atoms in total. The summed E-state index contributed by atoms with van der Waals surface area (Å²) in [4.78, 5) is 16.3. The maximum absolute atomic E-state index is 12.5. The number of rotatable bonds is 4.